The number of hydrogen-bond donors (Lipinski definition) is 1. The molecule has 2 rings (SSSR count). The van der Waals surface area contributed by atoms with Gasteiger partial charge in [0.05, 0.1) is 6.10 Å². The average Bonchev–Trinajstić information content (AvgIpc) is 2.69. The van der Waals surface area contributed by atoms with Gasteiger partial charge in [0.2, 0.25) is 0 Å². The van der Waals surface area contributed by atoms with Gasteiger partial charge < -0.3 is 10.5 Å². The van der Waals surface area contributed by atoms with Crippen LogP contribution in [0.15, 0.2) is 0 Å². The Morgan fingerprint density at radius 1 is 1.54 bits per heavy atom. The van der Waals surface area contributed by atoms with Gasteiger partial charge in [-0.2, -0.15) is 0 Å². The minimum absolute atomic E-state index is 0.229. The Bertz CT molecular complexity index is 171. The van der Waals surface area contributed by atoms with Gasteiger partial charge in [0.1, 0.15) is 0 Å². The molecule has 1 aliphatic heterocycles. The van der Waals surface area contributed by atoms with E-state index >= 15 is 0 Å². The maximum absolute atomic E-state index is 6.05. The van der Waals surface area contributed by atoms with Crippen LogP contribution in [0.3, 0.4) is 0 Å². The van der Waals surface area contributed by atoms with Crippen molar-refractivity contribution in [3.8, 4) is 0 Å². The molecule has 0 radical (unpaired) electrons. The minimum Gasteiger partial charge on any atom is -0.378 e. The van der Waals surface area contributed by atoms with Crippen LogP contribution >= 0.6 is 0 Å². The number of nitrogens with two attached hydrogens (primary N) is 1. The van der Waals surface area contributed by atoms with Crippen LogP contribution in [0.1, 0.15) is 45.4 Å². The highest BCUT2D eigenvalue weighted by Crippen LogP contribution is 2.38. The van der Waals surface area contributed by atoms with Gasteiger partial charge >= 0.3 is 0 Å². The normalized spacial score (nSPS) is 33.2. The van der Waals surface area contributed by atoms with Crippen LogP contribution in [-0.2, 0) is 4.74 Å². The molecule has 0 aromatic rings. The highest BCUT2D eigenvalue weighted by Gasteiger charge is 2.38. The Hall–Kier alpha value is -0.0800. The zero-order valence-corrected chi connectivity index (χ0v) is 8.59. The van der Waals surface area contributed by atoms with E-state index in [1.807, 2.05) is 0 Å². The highest BCUT2D eigenvalue weighted by atomic mass is 16.5. The lowest BCUT2D eigenvalue weighted by atomic mass is 9.94. The SMILES string of the molecule is CC(CCC1(N)CC1)C1CCCO1. The summed E-state index contributed by atoms with van der Waals surface area (Å²) in [6.07, 6.45) is 7.98. The van der Waals surface area contributed by atoms with E-state index in [9.17, 15) is 0 Å². The van der Waals surface area contributed by atoms with Gasteiger partial charge in [-0.25, -0.2) is 0 Å². The smallest absolute Gasteiger partial charge is 0.0601 e. The molecule has 0 bridgehead atoms. The van der Waals surface area contributed by atoms with Gasteiger partial charge in [0.15, 0.2) is 0 Å². The minimum atomic E-state index is 0.229. The van der Waals surface area contributed by atoms with Crippen molar-refractivity contribution in [1.29, 1.82) is 0 Å². The first kappa shape index (κ1) is 9.47. The molecule has 2 aliphatic rings. The fourth-order valence-electron chi connectivity index (χ4n) is 2.16. The summed E-state index contributed by atoms with van der Waals surface area (Å²) in [5.41, 5.74) is 6.28. The molecule has 76 valence electrons. The van der Waals surface area contributed by atoms with Gasteiger partial charge in [-0.05, 0) is 44.4 Å². The van der Waals surface area contributed by atoms with Crippen molar-refractivity contribution in [3.63, 3.8) is 0 Å². The molecule has 2 heteroatoms. The summed E-state index contributed by atoms with van der Waals surface area (Å²) < 4.78 is 5.66. The molecule has 2 unspecified atom stereocenters. The standard InChI is InChI=1S/C11H21NO/c1-9(10-3-2-8-13-10)4-5-11(12)6-7-11/h9-10H,2-8,12H2,1H3. The van der Waals surface area contributed by atoms with Crippen LogP contribution in [0.25, 0.3) is 0 Å². The van der Waals surface area contributed by atoms with E-state index in [2.05, 4.69) is 6.92 Å². The predicted molar refractivity (Wildman–Crippen MR) is 53.5 cm³/mol. The van der Waals surface area contributed by atoms with Crippen molar-refractivity contribution in [2.75, 3.05) is 6.61 Å². The van der Waals surface area contributed by atoms with Crippen molar-refractivity contribution in [3.05, 3.63) is 0 Å². The van der Waals surface area contributed by atoms with E-state index in [4.69, 9.17) is 10.5 Å². The summed E-state index contributed by atoms with van der Waals surface area (Å²) in [6, 6.07) is 0. The number of hydrogen-bond acceptors (Lipinski definition) is 2. The summed E-state index contributed by atoms with van der Waals surface area (Å²) in [5.74, 6) is 0.712. The second-order valence-corrected chi connectivity index (χ2v) is 4.93. The molecule has 1 saturated carbocycles. The molecule has 2 atom stereocenters. The van der Waals surface area contributed by atoms with Gasteiger partial charge in [-0.3, -0.25) is 0 Å². The van der Waals surface area contributed by atoms with Crippen LogP contribution in [0.2, 0.25) is 0 Å². The lowest BCUT2D eigenvalue weighted by Gasteiger charge is -2.19. The molecular weight excluding hydrogens is 162 g/mol. The monoisotopic (exact) mass is 183 g/mol. The summed E-state index contributed by atoms with van der Waals surface area (Å²) in [6.45, 7) is 3.28. The Morgan fingerprint density at radius 2 is 2.31 bits per heavy atom. The maximum Gasteiger partial charge on any atom is 0.0601 e. The van der Waals surface area contributed by atoms with E-state index in [-0.39, 0.29) is 5.54 Å². The first-order valence-electron chi connectivity index (χ1n) is 5.60. The Labute approximate surface area is 80.8 Å². The Balaban J connectivity index is 1.68. The third kappa shape index (κ3) is 2.44. The van der Waals surface area contributed by atoms with Crippen LogP contribution in [0.4, 0.5) is 0 Å². The van der Waals surface area contributed by atoms with E-state index in [1.54, 1.807) is 0 Å². The van der Waals surface area contributed by atoms with Gasteiger partial charge in [-0.15, -0.1) is 0 Å². The maximum atomic E-state index is 6.05. The van der Waals surface area contributed by atoms with Crippen LogP contribution in [-0.4, -0.2) is 18.2 Å². The van der Waals surface area contributed by atoms with Crippen molar-refractivity contribution >= 4 is 0 Å². The molecule has 0 amide bonds. The van der Waals surface area contributed by atoms with Crippen molar-refractivity contribution in [1.82, 2.24) is 0 Å². The third-order valence-electron chi connectivity index (χ3n) is 3.59. The Kier molecular flexibility index (Phi) is 2.61. The van der Waals surface area contributed by atoms with E-state index in [0.717, 1.165) is 6.61 Å². The lowest BCUT2D eigenvalue weighted by Crippen LogP contribution is -2.25. The van der Waals surface area contributed by atoms with Crippen molar-refractivity contribution in [2.24, 2.45) is 11.7 Å². The van der Waals surface area contributed by atoms with Crippen molar-refractivity contribution in [2.45, 2.75) is 57.1 Å². The van der Waals surface area contributed by atoms with Crippen LogP contribution in [0.5, 0.6) is 0 Å². The van der Waals surface area contributed by atoms with Gasteiger partial charge in [-0.1, -0.05) is 6.92 Å². The van der Waals surface area contributed by atoms with E-state index < -0.39 is 0 Å². The average molecular weight is 183 g/mol. The van der Waals surface area contributed by atoms with Gasteiger partial charge in [0, 0.05) is 12.1 Å². The fraction of sp³-hybridized carbons (Fsp3) is 1.00. The molecule has 1 aliphatic carbocycles. The molecule has 0 aromatic heterocycles. The molecule has 1 saturated heterocycles. The molecule has 13 heavy (non-hydrogen) atoms. The largest absolute Gasteiger partial charge is 0.378 e. The summed E-state index contributed by atoms with van der Waals surface area (Å²) >= 11 is 0. The summed E-state index contributed by atoms with van der Waals surface area (Å²) in [5, 5.41) is 0. The number of rotatable bonds is 4. The second-order valence-electron chi connectivity index (χ2n) is 4.93. The lowest BCUT2D eigenvalue weighted by molar-refractivity contribution is 0.0646. The van der Waals surface area contributed by atoms with Crippen molar-refractivity contribution < 1.29 is 4.74 Å². The first-order chi connectivity index (χ1) is 6.20. The molecule has 0 aromatic carbocycles. The number of ether oxygens (including phenoxy) is 1. The molecule has 2 nitrogen and oxygen atoms in total. The first-order valence-corrected chi connectivity index (χ1v) is 5.60. The molecular formula is C11H21NO. The molecule has 0 spiro atoms. The van der Waals surface area contributed by atoms with E-state index in [0.29, 0.717) is 12.0 Å². The topological polar surface area (TPSA) is 35.2 Å². The molecule has 1 heterocycles. The summed E-state index contributed by atoms with van der Waals surface area (Å²) in [4.78, 5) is 0. The van der Waals surface area contributed by atoms with Crippen LogP contribution in [0, 0.1) is 5.92 Å². The highest BCUT2D eigenvalue weighted by molar-refractivity contribution is 4.98. The fourth-order valence-corrected chi connectivity index (χ4v) is 2.16. The summed E-state index contributed by atoms with van der Waals surface area (Å²) in [7, 11) is 0. The van der Waals surface area contributed by atoms with Crippen LogP contribution < -0.4 is 5.73 Å². The zero-order valence-electron chi connectivity index (χ0n) is 8.59. The van der Waals surface area contributed by atoms with E-state index in [1.165, 1.54) is 38.5 Å². The predicted octanol–water partition coefficient (Wildman–Crippen LogP) is 2.07. The zero-order chi connectivity index (χ0) is 9.31. The second kappa shape index (κ2) is 3.58. The quantitative estimate of drug-likeness (QED) is 0.724. The molecule has 2 N–H and O–H groups in total. The molecule has 2 fully saturated rings. The third-order valence-corrected chi connectivity index (χ3v) is 3.59. The Morgan fingerprint density at radius 3 is 2.85 bits per heavy atom. The van der Waals surface area contributed by atoms with Gasteiger partial charge in [0.25, 0.3) is 0 Å².